The fourth-order valence-corrected chi connectivity index (χ4v) is 2.22. The molecule has 0 fully saturated rings. The highest BCUT2D eigenvalue weighted by Crippen LogP contribution is 2.33. The third-order valence-corrected chi connectivity index (χ3v) is 3.11. The number of hydrogen-bond acceptors (Lipinski definition) is 4. The third-order valence-electron chi connectivity index (χ3n) is 3.11. The Labute approximate surface area is 104 Å². The minimum Gasteiger partial charge on any atom is -0.326 e. The van der Waals surface area contributed by atoms with Crippen molar-refractivity contribution in [1.82, 2.24) is 4.98 Å². The van der Waals surface area contributed by atoms with Crippen LogP contribution in [0.3, 0.4) is 0 Å². The average molecular weight is 241 g/mol. The predicted octanol–water partition coefficient (Wildman–Crippen LogP) is 2.68. The summed E-state index contributed by atoms with van der Waals surface area (Å²) in [7, 11) is 0. The van der Waals surface area contributed by atoms with Crippen LogP contribution in [0.1, 0.15) is 5.56 Å². The first kappa shape index (κ1) is 10.7. The monoisotopic (exact) mass is 241 g/mol. The summed E-state index contributed by atoms with van der Waals surface area (Å²) in [5.41, 5.74) is 2.45. The molecule has 90 valence electrons. The average Bonchev–Trinajstić information content (AvgIpc) is 2.82. The van der Waals surface area contributed by atoms with E-state index < -0.39 is 4.92 Å². The zero-order valence-corrected chi connectivity index (χ0v) is 9.61. The number of anilines is 2. The molecule has 5 nitrogen and oxygen atoms in total. The number of pyridine rings is 1. The van der Waals surface area contributed by atoms with Gasteiger partial charge in [-0.15, -0.1) is 0 Å². The lowest BCUT2D eigenvalue weighted by atomic mass is 10.2. The van der Waals surface area contributed by atoms with E-state index in [9.17, 15) is 10.1 Å². The molecule has 2 heterocycles. The maximum absolute atomic E-state index is 10.6. The van der Waals surface area contributed by atoms with Gasteiger partial charge >= 0.3 is 0 Å². The van der Waals surface area contributed by atoms with Crippen molar-refractivity contribution in [2.24, 2.45) is 0 Å². The van der Waals surface area contributed by atoms with Crippen molar-refractivity contribution in [2.75, 3.05) is 11.4 Å². The molecule has 0 aliphatic carbocycles. The molecule has 1 aliphatic rings. The Morgan fingerprint density at radius 3 is 2.78 bits per heavy atom. The second-order valence-corrected chi connectivity index (χ2v) is 4.16. The lowest BCUT2D eigenvalue weighted by Crippen LogP contribution is -2.14. The Morgan fingerprint density at radius 1 is 1.22 bits per heavy atom. The first-order valence-corrected chi connectivity index (χ1v) is 5.71. The molecular weight excluding hydrogens is 230 g/mol. The maximum Gasteiger partial charge on any atom is 0.287 e. The van der Waals surface area contributed by atoms with E-state index in [-0.39, 0.29) is 5.69 Å². The van der Waals surface area contributed by atoms with Crippen LogP contribution < -0.4 is 4.90 Å². The van der Waals surface area contributed by atoms with E-state index >= 15 is 0 Å². The predicted molar refractivity (Wildman–Crippen MR) is 68.0 cm³/mol. The van der Waals surface area contributed by atoms with E-state index in [1.165, 1.54) is 17.8 Å². The Hall–Kier alpha value is -2.43. The van der Waals surface area contributed by atoms with E-state index in [4.69, 9.17) is 0 Å². The number of hydrogen-bond donors (Lipinski definition) is 0. The highest BCUT2D eigenvalue weighted by molar-refractivity contribution is 5.67. The summed E-state index contributed by atoms with van der Waals surface area (Å²) >= 11 is 0. The summed E-state index contributed by atoms with van der Waals surface area (Å²) in [6.45, 7) is 0.865. The van der Waals surface area contributed by atoms with Crippen LogP contribution in [-0.2, 0) is 6.42 Å². The molecular formula is C13H11N3O2. The van der Waals surface area contributed by atoms with Crippen LogP contribution in [0, 0.1) is 10.1 Å². The Kier molecular flexibility index (Phi) is 2.44. The van der Waals surface area contributed by atoms with Crippen molar-refractivity contribution in [3.63, 3.8) is 0 Å². The first-order chi connectivity index (χ1) is 8.75. The fourth-order valence-electron chi connectivity index (χ4n) is 2.22. The molecule has 2 aromatic rings. The van der Waals surface area contributed by atoms with Crippen LogP contribution in [0.15, 0.2) is 42.6 Å². The van der Waals surface area contributed by atoms with Gasteiger partial charge in [0.2, 0.25) is 0 Å². The zero-order chi connectivity index (χ0) is 12.5. The van der Waals surface area contributed by atoms with Gasteiger partial charge < -0.3 is 4.90 Å². The van der Waals surface area contributed by atoms with Crippen LogP contribution in [-0.4, -0.2) is 16.5 Å². The molecule has 0 radical (unpaired) electrons. The number of aromatic nitrogens is 1. The second-order valence-electron chi connectivity index (χ2n) is 4.16. The molecule has 1 aromatic carbocycles. The molecule has 0 saturated carbocycles. The molecule has 0 spiro atoms. The molecule has 0 unspecified atom stereocenters. The highest BCUT2D eigenvalue weighted by atomic mass is 16.6. The van der Waals surface area contributed by atoms with Crippen LogP contribution in [0.25, 0.3) is 0 Å². The molecule has 1 aliphatic heterocycles. The van der Waals surface area contributed by atoms with Gasteiger partial charge in [0.05, 0.1) is 4.92 Å². The lowest BCUT2D eigenvalue weighted by Gasteiger charge is -2.17. The van der Waals surface area contributed by atoms with E-state index in [2.05, 4.69) is 16.0 Å². The maximum atomic E-state index is 10.6. The summed E-state index contributed by atoms with van der Waals surface area (Å²) in [5, 5.41) is 10.6. The smallest absolute Gasteiger partial charge is 0.287 e. The van der Waals surface area contributed by atoms with Crippen LogP contribution >= 0.6 is 0 Å². The molecule has 0 N–H and O–H groups in total. The fraction of sp³-hybridized carbons (Fsp3) is 0.154. The zero-order valence-electron chi connectivity index (χ0n) is 9.61. The summed E-state index contributed by atoms with van der Waals surface area (Å²) in [5.74, 6) is 0.755. The standard InChI is InChI=1S/C13H11N3O2/c17-16(18)11-5-6-13(14-9-11)15-8-7-10-3-1-2-4-12(10)15/h1-6,9H,7-8H2. The van der Waals surface area contributed by atoms with Crippen molar-refractivity contribution in [2.45, 2.75) is 6.42 Å². The molecule has 18 heavy (non-hydrogen) atoms. The van der Waals surface area contributed by atoms with E-state index in [1.54, 1.807) is 6.07 Å². The molecule has 1 aromatic heterocycles. The number of rotatable bonds is 2. The Balaban J connectivity index is 1.95. The van der Waals surface area contributed by atoms with Gasteiger partial charge in [0.15, 0.2) is 0 Å². The van der Waals surface area contributed by atoms with Gasteiger partial charge in [-0.3, -0.25) is 10.1 Å². The molecule has 3 rings (SSSR count). The normalized spacial score (nSPS) is 13.4. The molecule has 0 atom stereocenters. The molecule has 0 saturated heterocycles. The van der Waals surface area contributed by atoms with E-state index in [0.29, 0.717) is 0 Å². The number of fused-ring (bicyclic) bond motifs is 1. The van der Waals surface area contributed by atoms with Crippen LogP contribution in [0.4, 0.5) is 17.2 Å². The highest BCUT2D eigenvalue weighted by Gasteiger charge is 2.21. The van der Waals surface area contributed by atoms with Gasteiger partial charge in [0, 0.05) is 18.3 Å². The third kappa shape index (κ3) is 1.69. The van der Waals surface area contributed by atoms with Crippen molar-refractivity contribution < 1.29 is 4.92 Å². The Bertz CT molecular complexity index is 595. The van der Waals surface area contributed by atoms with Gasteiger partial charge in [-0.05, 0) is 24.1 Å². The molecule has 0 amide bonds. The van der Waals surface area contributed by atoms with Gasteiger partial charge in [-0.25, -0.2) is 4.98 Å². The van der Waals surface area contributed by atoms with Crippen molar-refractivity contribution in [1.29, 1.82) is 0 Å². The van der Waals surface area contributed by atoms with Gasteiger partial charge in [0.1, 0.15) is 12.0 Å². The summed E-state index contributed by atoms with van der Waals surface area (Å²) in [6, 6.07) is 11.3. The number of nitrogens with zero attached hydrogens (tertiary/aromatic N) is 3. The van der Waals surface area contributed by atoms with Crippen LogP contribution in [0.2, 0.25) is 0 Å². The lowest BCUT2D eigenvalue weighted by molar-refractivity contribution is -0.385. The first-order valence-electron chi connectivity index (χ1n) is 5.71. The van der Waals surface area contributed by atoms with E-state index in [0.717, 1.165) is 24.5 Å². The van der Waals surface area contributed by atoms with Gasteiger partial charge in [-0.1, -0.05) is 18.2 Å². The topological polar surface area (TPSA) is 59.3 Å². The van der Waals surface area contributed by atoms with E-state index in [1.807, 2.05) is 18.2 Å². The largest absolute Gasteiger partial charge is 0.326 e. The van der Waals surface area contributed by atoms with Crippen molar-refractivity contribution in [3.8, 4) is 0 Å². The summed E-state index contributed by atoms with van der Waals surface area (Å²) in [4.78, 5) is 16.4. The second kappa shape index (κ2) is 4.10. The molecule has 5 heteroatoms. The summed E-state index contributed by atoms with van der Waals surface area (Å²) < 4.78 is 0. The van der Waals surface area contributed by atoms with Crippen LogP contribution in [0.5, 0.6) is 0 Å². The van der Waals surface area contributed by atoms with Crippen molar-refractivity contribution in [3.05, 3.63) is 58.3 Å². The summed E-state index contributed by atoms with van der Waals surface area (Å²) in [6.07, 6.45) is 2.28. The Morgan fingerprint density at radius 2 is 2.06 bits per heavy atom. The number of para-hydroxylation sites is 1. The quantitative estimate of drug-likeness (QED) is 0.599. The minimum atomic E-state index is -0.436. The molecule has 0 bridgehead atoms. The number of nitro groups is 1. The van der Waals surface area contributed by atoms with Crippen molar-refractivity contribution >= 4 is 17.2 Å². The van der Waals surface area contributed by atoms with Gasteiger partial charge in [-0.2, -0.15) is 0 Å². The van der Waals surface area contributed by atoms with Gasteiger partial charge in [0.25, 0.3) is 5.69 Å². The minimum absolute atomic E-state index is 0.0197. The number of benzene rings is 1. The SMILES string of the molecule is O=[N+]([O-])c1ccc(N2CCc3ccccc32)nc1.